The van der Waals surface area contributed by atoms with Crippen LogP contribution in [0.5, 0.6) is 0 Å². The van der Waals surface area contributed by atoms with Gasteiger partial charge in [-0.2, -0.15) is 0 Å². The fraction of sp³-hybridized carbons (Fsp3) is 0.308. The molecule has 15 heavy (non-hydrogen) atoms. The first kappa shape index (κ1) is 11.6. The minimum Gasteiger partial charge on any atom is -0.294 e. The topological polar surface area (TPSA) is 17.1 Å². The third-order valence-corrected chi connectivity index (χ3v) is 2.28. The van der Waals surface area contributed by atoms with Gasteiger partial charge in [-0.25, -0.2) is 4.39 Å². The number of carbonyl (C=O) groups excluding carboxylic acids is 1. The van der Waals surface area contributed by atoms with Gasteiger partial charge in [-0.1, -0.05) is 11.6 Å². The Hall–Kier alpha value is -1.44. The van der Waals surface area contributed by atoms with E-state index in [0.717, 1.165) is 11.1 Å². The summed E-state index contributed by atoms with van der Waals surface area (Å²) in [6.07, 6.45) is 1.06. The Morgan fingerprint density at radius 1 is 1.40 bits per heavy atom. The summed E-state index contributed by atoms with van der Waals surface area (Å²) in [7, 11) is 0. The monoisotopic (exact) mass is 206 g/mol. The molecule has 0 saturated carbocycles. The van der Waals surface area contributed by atoms with Crippen molar-refractivity contribution in [3.8, 4) is 0 Å². The van der Waals surface area contributed by atoms with E-state index >= 15 is 0 Å². The highest BCUT2D eigenvalue weighted by Gasteiger charge is 2.09. The molecule has 0 heterocycles. The molecule has 0 amide bonds. The van der Waals surface area contributed by atoms with Crippen LogP contribution in [-0.4, -0.2) is 5.78 Å². The predicted molar refractivity (Wildman–Crippen MR) is 59.5 cm³/mol. The van der Waals surface area contributed by atoms with Crippen molar-refractivity contribution in [2.45, 2.75) is 26.7 Å². The fourth-order valence-corrected chi connectivity index (χ4v) is 1.36. The number of hydrogen-bond donors (Lipinski definition) is 0. The third kappa shape index (κ3) is 3.31. The van der Waals surface area contributed by atoms with Crippen molar-refractivity contribution in [3.05, 3.63) is 47.3 Å². The number of allylic oxidation sites excluding steroid dienone is 1. The molecule has 80 valence electrons. The molecule has 0 spiro atoms. The summed E-state index contributed by atoms with van der Waals surface area (Å²) in [5.41, 5.74) is 2.27. The molecule has 0 aliphatic rings. The summed E-state index contributed by atoms with van der Waals surface area (Å²) in [6, 6.07) is 4.30. The number of ketones is 1. The van der Waals surface area contributed by atoms with Crippen LogP contribution in [0.15, 0.2) is 30.4 Å². The standard InChI is InChI=1S/C13H15FO/c1-9(2)4-7-13(15)12-8-11(14)6-5-10(12)3/h5-6,8H,1,4,7H2,2-3H3. The number of rotatable bonds is 4. The molecule has 2 heteroatoms. The molecule has 0 N–H and O–H groups in total. The van der Waals surface area contributed by atoms with Crippen molar-refractivity contribution in [3.63, 3.8) is 0 Å². The zero-order valence-corrected chi connectivity index (χ0v) is 9.14. The van der Waals surface area contributed by atoms with Crippen molar-refractivity contribution >= 4 is 5.78 Å². The van der Waals surface area contributed by atoms with Gasteiger partial charge in [0.1, 0.15) is 5.82 Å². The second-order valence-corrected chi connectivity index (χ2v) is 3.84. The second-order valence-electron chi connectivity index (χ2n) is 3.84. The smallest absolute Gasteiger partial charge is 0.163 e. The van der Waals surface area contributed by atoms with Gasteiger partial charge in [0.05, 0.1) is 0 Å². The lowest BCUT2D eigenvalue weighted by atomic mass is 10.00. The van der Waals surface area contributed by atoms with E-state index in [-0.39, 0.29) is 11.6 Å². The average molecular weight is 206 g/mol. The number of aryl methyl sites for hydroxylation is 1. The molecule has 0 atom stereocenters. The van der Waals surface area contributed by atoms with E-state index in [1.165, 1.54) is 12.1 Å². The summed E-state index contributed by atoms with van der Waals surface area (Å²) < 4.78 is 12.9. The van der Waals surface area contributed by atoms with Crippen molar-refractivity contribution in [1.29, 1.82) is 0 Å². The first-order chi connectivity index (χ1) is 7.00. The molecule has 1 aromatic carbocycles. The Morgan fingerprint density at radius 2 is 2.07 bits per heavy atom. The normalized spacial score (nSPS) is 10.1. The molecule has 0 radical (unpaired) electrons. The number of hydrogen-bond acceptors (Lipinski definition) is 1. The van der Waals surface area contributed by atoms with Crippen LogP contribution in [0.1, 0.15) is 35.7 Å². The van der Waals surface area contributed by atoms with Gasteiger partial charge in [-0.15, -0.1) is 6.58 Å². The fourth-order valence-electron chi connectivity index (χ4n) is 1.36. The average Bonchev–Trinajstić information content (AvgIpc) is 2.18. The lowest BCUT2D eigenvalue weighted by molar-refractivity contribution is 0.0982. The zero-order valence-electron chi connectivity index (χ0n) is 9.14. The minimum absolute atomic E-state index is 0.0185. The van der Waals surface area contributed by atoms with Crippen LogP contribution in [0.4, 0.5) is 4.39 Å². The molecule has 1 nitrogen and oxygen atoms in total. The first-order valence-corrected chi connectivity index (χ1v) is 4.94. The summed E-state index contributed by atoms with van der Waals surface area (Å²) in [4.78, 5) is 11.7. The highest BCUT2D eigenvalue weighted by Crippen LogP contribution is 2.14. The minimum atomic E-state index is -0.362. The van der Waals surface area contributed by atoms with E-state index in [2.05, 4.69) is 6.58 Å². The van der Waals surface area contributed by atoms with E-state index < -0.39 is 0 Å². The lowest BCUT2D eigenvalue weighted by Gasteiger charge is -2.04. The van der Waals surface area contributed by atoms with Gasteiger partial charge in [0, 0.05) is 12.0 Å². The molecular formula is C13H15FO. The molecule has 0 fully saturated rings. The van der Waals surface area contributed by atoms with Gasteiger partial charge >= 0.3 is 0 Å². The molecule has 0 aliphatic carbocycles. The van der Waals surface area contributed by atoms with Crippen LogP contribution in [0.3, 0.4) is 0 Å². The SMILES string of the molecule is C=C(C)CCC(=O)c1cc(F)ccc1C. The predicted octanol–water partition coefficient (Wildman–Crippen LogP) is 3.67. The maximum Gasteiger partial charge on any atom is 0.163 e. The molecule has 1 rings (SSSR count). The largest absolute Gasteiger partial charge is 0.294 e. The summed E-state index contributed by atoms with van der Waals surface area (Å²) >= 11 is 0. The molecule has 0 saturated heterocycles. The zero-order chi connectivity index (χ0) is 11.4. The quantitative estimate of drug-likeness (QED) is 0.542. The maximum absolute atomic E-state index is 12.9. The van der Waals surface area contributed by atoms with Crippen molar-refractivity contribution in [2.24, 2.45) is 0 Å². The number of Topliss-reactive ketones (excluding diaryl/α,β-unsaturated/α-hetero) is 1. The van der Waals surface area contributed by atoms with Crippen LogP contribution in [-0.2, 0) is 0 Å². The van der Waals surface area contributed by atoms with Gasteiger partial charge < -0.3 is 0 Å². The van der Waals surface area contributed by atoms with Gasteiger partial charge in [-0.3, -0.25) is 4.79 Å². The number of benzene rings is 1. The van der Waals surface area contributed by atoms with E-state index in [0.29, 0.717) is 18.4 Å². The Kier molecular flexibility index (Phi) is 3.78. The molecule has 0 unspecified atom stereocenters. The molecule has 0 aromatic heterocycles. The van der Waals surface area contributed by atoms with Crippen LogP contribution < -0.4 is 0 Å². The van der Waals surface area contributed by atoms with Crippen LogP contribution in [0.25, 0.3) is 0 Å². The van der Waals surface area contributed by atoms with Crippen molar-refractivity contribution < 1.29 is 9.18 Å². The first-order valence-electron chi connectivity index (χ1n) is 4.94. The van der Waals surface area contributed by atoms with Crippen molar-refractivity contribution in [2.75, 3.05) is 0 Å². The third-order valence-electron chi connectivity index (χ3n) is 2.28. The summed E-state index contributed by atoms with van der Waals surface area (Å²) in [6.45, 7) is 7.43. The van der Waals surface area contributed by atoms with Crippen LogP contribution in [0.2, 0.25) is 0 Å². The van der Waals surface area contributed by atoms with E-state index in [1.54, 1.807) is 6.07 Å². The van der Waals surface area contributed by atoms with E-state index in [1.807, 2.05) is 13.8 Å². The highest BCUT2D eigenvalue weighted by molar-refractivity contribution is 5.97. The second kappa shape index (κ2) is 4.87. The summed E-state index contributed by atoms with van der Waals surface area (Å²) in [5, 5.41) is 0. The van der Waals surface area contributed by atoms with Gasteiger partial charge in [0.25, 0.3) is 0 Å². The Bertz CT molecular complexity index is 394. The van der Waals surface area contributed by atoms with Gasteiger partial charge in [-0.05, 0) is 38.0 Å². The molecule has 0 bridgehead atoms. The van der Waals surface area contributed by atoms with E-state index in [4.69, 9.17) is 0 Å². The Morgan fingerprint density at radius 3 is 2.67 bits per heavy atom. The number of halogens is 1. The maximum atomic E-state index is 12.9. The lowest BCUT2D eigenvalue weighted by Crippen LogP contribution is -2.02. The number of carbonyl (C=O) groups is 1. The molecule has 1 aromatic rings. The van der Waals surface area contributed by atoms with Gasteiger partial charge in [0.15, 0.2) is 5.78 Å². The van der Waals surface area contributed by atoms with Crippen molar-refractivity contribution in [1.82, 2.24) is 0 Å². The van der Waals surface area contributed by atoms with Gasteiger partial charge in [0.2, 0.25) is 0 Å². The van der Waals surface area contributed by atoms with E-state index in [9.17, 15) is 9.18 Å². The molecular weight excluding hydrogens is 191 g/mol. The Balaban J connectivity index is 2.81. The highest BCUT2D eigenvalue weighted by atomic mass is 19.1. The summed E-state index contributed by atoms with van der Waals surface area (Å²) in [5.74, 6) is -0.380. The van der Waals surface area contributed by atoms with Crippen LogP contribution in [0, 0.1) is 12.7 Å². The Labute approximate surface area is 89.6 Å². The van der Waals surface area contributed by atoms with Crippen LogP contribution >= 0.6 is 0 Å². The molecule has 0 aliphatic heterocycles.